The molecule has 0 saturated heterocycles. The van der Waals surface area contributed by atoms with E-state index in [0.717, 1.165) is 18.9 Å². The summed E-state index contributed by atoms with van der Waals surface area (Å²) >= 11 is 0. The Morgan fingerprint density at radius 3 is 1.38 bits per heavy atom. The van der Waals surface area contributed by atoms with Crippen molar-refractivity contribution in [1.82, 2.24) is 0 Å². The maximum absolute atomic E-state index is 10.5. The van der Waals surface area contributed by atoms with Crippen LogP contribution in [0.4, 0.5) is 0 Å². The van der Waals surface area contributed by atoms with Crippen LogP contribution in [0.1, 0.15) is 124 Å². The van der Waals surface area contributed by atoms with Crippen molar-refractivity contribution >= 4 is 41.0 Å². The quantitative estimate of drug-likeness (QED) is 0.0970. The third-order valence-corrected chi connectivity index (χ3v) is 5.03. The number of hydrogen-bond donors (Lipinski definition) is 2. The lowest BCUT2D eigenvalue weighted by atomic mass is 10.0. The number of ether oxygens (including phenoxy) is 1. The summed E-state index contributed by atoms with van der Waals surface area (Å²) in [5, 5.41) is 17.0. The topological polar surface area (TPSA) is 101 Å². The number of esters is 1. The maximum Gasteiger partial charge on any atom is 0.347 e. The van der Waals surface area contributed by atoms with E-state index in [2.05, 4.69) is 18.2 Å². The Hall–Kier alpha value is -1.08. The Kier molecular flexibility index (Phi) is 27.2. The van der Waals surface area contributed by atoms with Gasteiger partial charge in [-0.3, -0.25) is 4.79 Å². The van der Waals surface area contributed by atoms with Gasteiger partial charge < -0.3 is 14.9 Å². The van der Waals surface area contributed by atoms with E-state index in [4.69, 9.17) is 10.2 Å². The van der Waals surface area contributed by atoms with Crippen LogP contribution in [0.5, 0.6) is 0 Å². The van der Waals surface area contributed by atoms with Gasteiger partial charge in [0.2, 0.25) is 5.60 Å². The third-order valence-electron chi connectivity index (χ3n) is 5.03. The first-order valence-corrected chi connectivity index (χ1v) is 12.0. The van der Waals surface area contributed by atoms with E-state index in [1.807, 2.05) is 0 Å². The van der Waals surface area contributed by atoms with Crippen LogP contribution in [0.3, 0.4) is 0 Å². The molecule has 0 rings (SSSR count). The Labute approximate surface area is 211 Å². The molecular weight excluding hydrogens is 421 g/mol. The minimum absolute atomic E-state index is 0. The summed E-state index contributed by atoms with van der Waals surface area (Å²) in [5.41, 5.74) is -1.48. The van der Waals surface area contributed by atoms with Gasteiger partial charge >= 0.3 is 17.9 Å². The molecule has 0 aromatic heterocycles. The van der Waals surface area contributed by atoms with Crippen molar-refractivity contribution in [1.29, 1.82) is 0 Å². The summed E-state index contributed by atoms with van der Waals surface area (Å²) in [5.74, 6) is -2.58. The molecule has 0 heterocycles. The number of carbonyl (C=O) groups is 3. The zero-order valence-electron chi connectivity index (χ0n) is 20.8. The van der Waals surface area contributed by atoms with Gasteiger partial charge in [-0.25, -0.2) is 9.59 Å². The molecule has 0 aliphatic heterocycles. The van der Waals surface area contributed by atoms with Crippen LogP contribution in [-0.2, 0) is 19.1 Å². The molecule has 2 N–H and O–H groups in total. The first-order valence-electron chi connectivity index (χ1n) is 12.0. The second-order valence-corrected chi connectivity index (χ2v) is 8.53. The number of carboxylic acid groups (broad SMARTS) is 2. The third kappa shape index (κ3) is 27.0. The molecule has 184 valence electrons. The average Bonchev–Trinajstić information content (AvgIpc) is 2.70. The summed E-state index contributed by atoms with van der Waals surface area (Å²) < 4.78 is 4.49. The molecule has 32 heavy (non-hydrogen) atoms. The zero-order valence-corrected chi connectivity index (χ0v) is 22.2. The van der Waals surface area contributed by atoms with Crippen LogP contribution in [-0.4, -0.2) is 56.8 Å². The summed E-state index contributed by atoms with van der Waals surface area (Å²) in [6.07, 6.45) is 21.1. The van der Waals surface area contributed by atoms with E-state index in [9.17, 15) is 14.4 Å². The minimum atomic E-state index is -1.48. The van der Waals surface area contributed by atoms with Crippen molar-refractivity contribution in [2.45, 2.75) is 129 Å². The number of carboxylic acids is 2. The van der Waals surface area contributed by atoms with E-state index < -0.39 is 23.5 Å². The number of carbonyl (C=O) groups excluding carboxylic acids is 1. The Bertz CT molecular complexity index is 491. The average molecular weight is 467 g/mol. The van der Waals surface area contributed by atoms with Crippen molar-refractivity contribution in [2.75, 3.05) is 0 Å². The van der Waals surface area contributed by atoms with Crippen LogP contribution >= 0.6 is 0 Å². The van der Waals surface area contributed by atoms with Crippen LogP contribution in [0, 0.1) is 0 Å². The van der Waals surface area contributed by atoms with Crippen molar-refractivity contribution in [2.24, 2.45) is 0 Å². The van der Waals surface area contributed by atoms with E-state index in [0.29, 0.717) is 6.42 Å². The second kappa shape index (κ2) is 24.6. The number of unbranched alkanes of at least 4 members (excludes halogenated alkanes) is 14. The molecule has 6 nitrogen and oxygen atoms in total. The molecule has 0 aliphatic rings. The molecule has 0 atom stereocenters. The molecule has 7 heteroatoms. The molecule has 0 fully saturated rings. The number of rotatable bonds is 19. The van der Waals surface area contributed by atoms with Gasteiger partial charge in [0, 0.05) is 35.5 Å². The molecule has 0 aliphatic carbocycles. The molecular formula is C25H46MgO6. The molecule has 0 bridgehead atoms. The van der Waals surface area contributed by atoms with E-state index >= 15 is 0 Å². The maximum atomic E-state index is 10.5. The number of hydrogen-bond acceptors (Lipinski definition) is 4. The van der Waals surface area contributed by atoms with E-state index in [1.165, 1.54) is 97.3 Å². The first kappa shape index (κ1) is 35.5. The lowest BCUT2D eigenvalue weighted by molar-refractivity contribution is -0.170. The van der Waals surface area contributed by atoms with Crippen molar-refractivity contribution in [3.8, 4) is 0 Å². The molecule has 0 aromatic rings. The SMILES string of the molecule is C=CC(=O)OC(C)(C)C(=O)O.CCCCCCCCCCCCCCCCCC(=O)O.[Mg]. The van der Waals surface area contributed by atoms with Crippen LogP contribution in [0.15, 0.2) is 12.7 Å². The number of aliphatic carboxylic acids is 2. The molecule has 0 amide bonds. The molecule has 0 aromatic carbocycles. The van der Waals surface area contributed by atoms with Gasteiger partial charge in [-0.2, -0.15) is 0 Å². The predicted molar refractivity (Wildman–Crippen MR) is 131 cm³/mol. The summed E-state index contributed by atoms with van der Waals surface area (Å²) in [6.45, 7) is 7.98. The summed E-state index contributed by atoms with van der Waals surface area (Å²) in [7, 11) is 0. The van der Waals surface area contributed by atoms with E-state index in [-0.39, 0.29) is 23.1 Å². The van der Waals surface area contributed by atoms with Gasteiger partial charge in [-0.05, 0) is 20.3 Å². The zero-order chi connectivity index (χ0) is 24.0. The lowest BCUT2D eigenvalue weighted by Crippen LogP contribution is -2.36. The highest BCUT2D eigenvalue weighted by atomic mass is 24.3. The Morgan fingerprint density at radius 1 is 0.750 bits per heavy atom. The van der Waals surface area contributed by atoms with Gasteiger partial charge in [0.05, 0.1) is 0 Å². The summed E-state index contributed by atoms with van der Waals surface area (Å²) in [4.78, 5) is 31.2. The Balaban J connectivity index is -0.000000597. The summed E-state index contributed by atoms with van der Waals surface area (Å²) in [6, 6.07) is 0. The normalized spacial score (nSPS) is 10.3. The monoisotopic (exact) mass is 466 g/mol. The predicted octanol–water partition coefficient (Wildman–Crippen LogP) is 6.53. The van der Waals surface area contributed by atoms with Gasteiger partial charge in [-0.1, -0.05) is 103 Å². The smallest absolute Gasteiger partial charge is 0.347 e. The molecule has 0 saturated carbocycles. The van der Waals surface area contributed by atoms with Crippen molar-refractivity contribution < 1.29 is 29.3 Å². The fourth-order valence-corrected chi connectivity index (χ4v) is 2.98. The molecule has 0 unspecified atom stereocenters. The highest BCUT2D eigenvalue weighted by Gasteiger charge is 2.30. The fraction of sp³-hybridized carbons (Fsp3) is 0.800. The van der Waals surface area contributed by atoms with Gasteiger partial charge in [0.1, 0.15) is 0 Å². The lowest BCUT2D eigenvalue weighted by Gasteiger charge is -2.18. The largest absolute Gasteiger partial charge is 0.481 e. The van der Waals surface area contributed by atoms with Crippen molar-refractivity contribution in [3.63, 3.8) is 0 Å². The Morgan fingerprint density at radius 2 is 1.09 bits per heavy atom. The molecule has 0 spiro atoms. The highest BCUT2D eigenvalue weighted by Crippen LogP contribution is 2.13. The van der Waals surface area contributed by atoms with Gasteiger partial charge in [0.15, 0.2) is 0 Å². The highest BCUT2D eigenvalue weighted by molar-refractivity contribution is 5.86. The van der Waals surface area contributed by atoms with E-state index in [1.54, 1.807) is 0 Å². The van der Waals surface area contributed by atoms with Crippen molar-refractivity contribution in [3.05, 3.63) is 12.7 Å². The van der Waals surface area contributed by atoms with Crippen LogP contribution in [0.25, 0.3) is 0 Å². The van der Waals surface area contributed by atoms with Crippen LogP contribution in [0.2, 0.25) is 0 Å². The van der Waals surface area contributed by atoms with Gasteiger partial charge in [-0.15, -0.1) is 0 Å². The molecule has 2 radical (unpaired) electrons. The second-order valence-electron chi connectivity index (χ2n) is 8.53. The fourth-order valence-electron chi connectivity index (χ4n) is 2.98. The van der Waals surface area contributed by atoms with Crippen LogP contribution < -0.4 is 0 Å². The minimum Gasteiger partial charge on any atom is -0.481 e. The standard InChI is InChI=1S/C18H36O2.C7H10O4.Mg/c1-2-3-4-5-6-7-8-9-10-11-12-13-14-15-16-17-18(19)20;1-4-5(8)11-7(2,3)6(9)10;/h2-17H2,1H3,(H,19,20);4H,1H2,2-3H3,(H,9,10);. The first-order chi connectivity index (χ1) is 14.7. The van der Waals surface area contributed by atoms with Gasteiger partial charge in [0.25, 0.3) is 0 Å².